The van der Waals surface area contributed by atoms with Crippen molar-refractivity contribution in [2.75, 3.05) is 11.8 Å². The van der Waals surface area contributed by atoms with E-state index in [0.717, 1.165) is 17.7 Å². The molecule has 0 spiro atoms. The lowest BCUT2D eigenvalue weighted by Crippen LogP contribution is -2.15. The summed E-state index contributed by atoms with van der Waals surface area (Å²) in [6.45, 7) is 0.602. The van der Waals surface area contributed by atoms with E-state index in [1.807, 2.05) is 6.07 Å². The summed E-state index contributed by atoms with van der Waals surface area (Å²) in [5.41, 5.74) is 1.28. The van der Waals surface area contributed by atoms with Crippen molar-refractivity contribution in [2.24, 2.45) is 0 Å². The minimum Gasteiger partial charge on any atom is -0.316 e. The Hall–Kier alpha value is -1.63. The molecule has 2 N–H and O–H groups in total. The number of rotatable bonds is 5. The second kappa shape index (κ2) is 6.43. The minimum absolute atomic E-state index is 0.141. The highest BCUT2D eigenvalue weighted by Crippen LogP contribution is 2.22. The van der Waals surface area contributed by atoms with Crippen LogP contribution in [-0.4, -0.2) is 15.5 Å². The van der Waals surface area contributed by atoms with Gasteiger partial charge in [-0.25, -0.2) is 12.8 Å². The Morgan fingerprint density at radius 1 is 1.19 bits per heavy atom. The second-order valence-corrected chi connectivity index (χ2v) is 6.50. The second-order valence-electron chi connectivity index (χ2n) is 4.41. The zero-order valence-electron chi connectivity index (χ0n) is 11.2. The number of halogens is 2. The molecule has 0 heterocycles. The smallest absolute Gasteiger partial charge is 0.264 e. The summed E-state index contributed by atoms with van der Waals surface area (Å²) in [5.74, 6) is -0.888. The van der Waals surface area contributed by atoms with Crippen molar-refractivity contribution in [1.29, 1.82) is 0 Å². The Morgan fingerprint density at radius 3 is 2.62 bits per heavy atom. The normalized spacial score (nSPS) is 11.4. The highest BCUT2D eigenvalue weighted by Gasteiger charge is 2.19. The zero-order valence-corrected chi connectivity index (χ0v) is 12.8. The fourth-order valence-electron chi connectivity index (χ4n) is 1.85. The van der Waals surface area contributed by atoms with Gasteiger partial charge in [-0.1, -0.05) is 23.7 Å². The third-order valence-corrected chi connectivity index (χ3v) is 4.39. The van der Waals surface area contributed by atoms with E-state index >= 15 is 0 Å². The van der Waals surface area contributed by atoms with Crippen LogP contribution in [-0.2, 0) is 16.6 Å². The number of anilines is 1. The molecule has 0 aromatic heterocycles. The Kier molecular flexibility index (Phi) is 4.82. The lowest BCUT2D eigenvalue weighted by Gasteiger charge is -2.10. The number of benzene rings is 2. The third-order valence-electron chi connectivity index (χ3n) is 2.74. The van der Waals surface area contributed by atoms with E-state index in [2.05, 4.69) is 10.0 Å². The number of nitrogens with one attached hydrogen (secondary N) is 2. The standard InChI is InChI=1S/C14H14ClFN2O2S/c1-17-9-10-3-2-4-12(7-10)18-21(19,20)14-6-5-11(15)8-13(14)16/h2-8,17-18H,9H2,1H3. The SMILES string of the molecule is CNCc1cccc(NS(=O)(=O)c2ccc(Cl)cc2F)c1. The lowest BCUT2D eigenvalue weighted by molar-refractivity contribution is 0.570. The molecule has 0 fully saturated rings. The van der Waals surface area contributed by atoms with Crippen LogP contribution in [0.4, 0.5) is 10.1 Å². The van der Waals surface area contributed by atoms with Gasteiger partial charge in [0.2, 0.25) is 0 Å². The van der Waals surface area contributed by atoms with Crippen molar-refractivity contribution in [2.45, 2.75) is 11.4 Å². The van der Waals surface area contributed by atoms with Crippen molar-refractivity contribution in [3.8, 4) is 0 Å². The van der Waals surface area contributed by atoms with Crippen LogP contribution < -0.4 is 10.0 Å². The van der Waals surface area contributed by atoms with Gasteiger partial charge in [0.1, 0.15) is 10.7 Å². The predicted octanol–water partition coefficient (Wildman–Crippen LogP) is 3.00. The van der Waals surface area contributed by atoms with Gasteiger partial charge in [0.25, 0.3) is 10.0 Å². The van der Waals surface area contributed by atoms with E-state index < -0.39 is 20.7 Å². The summed E-state index contributed by atoms with van der Waals surface area (Å²) >= 11 is 5.62. The molecule has 2 aromatic rings. The highest BCUT2D eigenvalue weighted by molar-refractivity contribution is 7.92. The largest absolute Gasteiger partial charge is 0.316 e. The summed E-state index contributed by atoms with van der Waals surface area (Å²) in [5, 5.41) is 3.11. The molecule has 0 saturated heterocycles. The molecule has 2 rings (SSSR count). The number of sulfonamides is 1. The van der Waals surface area contributed by atoms with Crippen molar-refractivity contribution in [1.82, 2.24) is 5.32 Å². The lowest BCUT2D eigenvalue weighted by atomic mass is 10.2. The van der Waals surface area contributed by atoms with Crippen LogP contribution in [0.2, 0.25) is 5.02 Å². The average molecular weight is 329 g/mol. The summed E-state index contributed by atoms with van der Waals surface area (Å²) in [7, 11) is -2.20. The van der Waals surface area contributed by atoms with Gasteiger partial charge in [-0.05, 0) is 42.9 Å². The first-order valence-electron chi connectivity index (χ1n) is 6.14. The van der Waals surface area contributed by atoms with E-state index in [9.17, 15) is 12.8 Å². The molecule has 0 aliphatic heterocycles. The first-order chi connectivity index (χ1) is 9.92. The third kappa shape index (κ3) is 3.93. The molecule has 0 radical (unpaired) electrons. The van der Waals surface area contributed by atoms with Gasteiger partial charge in [0, 0.05) is 17.3 Å². The first-order valence-corrected chi connectivity index (χ1v) is 8.00. The van der Waals surface area contributed by atoms with Gasteiger partial charge in [-0.2, -0.15) is 0 Å². The van der Waals surface area contributed by atoms with Crippen LogP contribution >= 0.6 is 11.6 Å². The van der Waals surface area contributed by atoms with E-state index in [1.165, 1.54) is 6.07 Å². The van der Waals surface area contributed by atoms with Gasteiger partial charge >= 0.3 is 0 Å². The van der Waals surface area contributed by atoms with Gasteiger partial charge in [-0.15, -0.1) is 0 Å². The van der Waals surface area contributed by atoms with E-state index in [-0.39, 0.29) is 5.02 Å². The molecule has 0 aliphatic carbocycles. The number of hydrogen-bond acceptors (Lipinski definition) is 3. The summed E-state index contributed by atoms with van der Waals surface area (Å²) in [6, 6.07) is 10.3. The number of hydrogen-bond donors (Lipinski definition) is 2. The summed E-state index contributed by atoms with van der Waals surface area (Å²) in [6.07, 6.45) is 0. The van der Waals surface area contributed by atoms with Crippen LogP contribution in [0.5, 0.6) is 0 Å². The molecule has 21 heavy (non-hydrogen) atoms. The molecular formula is C14H14ClFN2O2S. The minimum atomic E-state index is -4.00. The molecule has 2 aromatic carbocycles. The van der Waals surface area contributed by atoms with Crippen LogP contribution in [0, 0.1) is 5.82 Å². The zero-order chi connectivity index (χ0) is 15.5. The molecule has 4 nitrogen and oxygen atoms in total. The fraction of sp³-hybridized carbons (Fsp3) is 0.143. The molecule has 112 valence electrons. The van der Waals surface area contributed by atoms with Crippen LogP contribution in [0.15, 0.2) is 47.4 Å². The predicted molar refractivity (Wildman–Crippen MR) is 81.4 cm³/mol. The van der Waals surface area contributed by atoms with Gasteiger partial charge in [0.15, 0.2) is 0 Å². The first kappa shape index (κ1) is 15.8. The summed E-state index contributed by atoms with van der Waals surface area (Å²) < 4.78 is 40.5. The molecule has 7 heteroatoms. The topological polar surface area (TPSA) is 58.2 Å². The fourth-order valence-corrected chi connectivity index (χ4v) is 3.12. The Balaban J connectivity index is 2.31. The van der Waals surface area contributed by atoms with Crippen LogP contribution in [0.3, 0.4) is 0 Å². The Labute approximate surface area is 128 Å². The van der Waals surface area contributed by atoms with Crippen molar-refractivity contribution in [3.63, 3.8) is 0 Å². The molecule has 0 amide bonds. The quantitative estimate of drug-likeness (QED) is 0.887. The molecule has 0 unspecified atom stereocenters. The maximum Gasteiger partial charge on any atom is 0.264 e. The van der Waals surface area contributed by atoms with Crippen LogP contribution in [0.25, 0.3) is 0 Å². The monoisotopic (exact) mass is 328 g/mol. The van der Waals surface area contributed by atoms with Crippen molar-refractivity contribution < 1.29 is 12.8 Å². The van der Waals surface area contributed by atoms with E-state index in [1.54, 1.807) is 25.2 Å². The van der Waals surface area contributed by atoms with E-state index in [0.29, 0.717) is 12.2 Å². The Morgan fingerprint density at radius 2 is 1.95 bits per heavy atom. The summed E-state index contributed by atoms with van der Waals surface area (Å²) in [4.78, 5) is -0.439. The van der Waals surface area contributed by atoms with Crippen molar-refractivity contribution >= 4 is 27.3 Å². The van der Waals surface area contributed by atoms with Gasteiger partial charge in [-0.3, -0.25) is 4.72 Å². The highest BCUT2D eigenvalue weighted by atomic mass is 35.5. The van der Waals surface area contributed by atoms with Crippen molar-refractivity contribution in [3.05, 3.63) is 58.9 Å². The molecular weight excluding hydrogens is 315 g/mol. The Bertz CT molecular complexity index is 750. The molecule has 0 atom stereocenters. The van der Waals surface area contributed by atoms with Crippen LogP contribution in [0.1, 0.15) is 5.56 Å². The maximum absolute atomic E-state index is 13.7. The van der Waals surface area contributed by atoms with E-state index in [4.69, 9.17) is 11.6 Å². The average Bonchev–Trinajstić information content (AvgIpc) is 2.38. The van der Waals surface area contributed by atoms with Gasteiger partial charge < -0.3 is 5.32 Å². The molecule has 0 bridgehead atoms. The molecule has 0 aliphatic rings. The van der Waals surface area contributed by atoms with Gasteiger partial charge in [0.05, 0.1) is 0 Å². The molecule has 0 saturated carbocycles. The maximum atomic E-state index is 13.7.